The number of likely N-dealkylation sites (N-methyl/N-ethyl adjacent to an activating group) is 7. The Morgan fingerprint density at radius 3 is 1.53 bits per heavy atom. The van der Waals surface area contributed by atoms with Crippen molar-refractivity contribution >= 4 is 65.0 Å². The zero-order valence-corrected chi connectivity index (χ0v) is 52.5. The normalized spacial score (nSPS) is 26.1. The SMILES string of the molecule is C/C=C/C[C@@H](C)[C@@H](O)[C@H]1C(=O)N[C@@H](CC)C(=O)N(C)CC(=O)N(C)[C@@H](Cc2ccc(O)cc2)C(=O)N[C@@H](C)C(=O)N(C)CC(=O)N[C@@H](C)C(=O)N[C@H](C)C(=O)N(C)[C@@H](CC(C)C)C(=O)N(C)[C@@H](CC(C)C)C(=O)N(C)[C@@H](C(C)C)C(=O)N1C. The molecule has 1 fully saturated rings. The van der Waals surface area contributed by atoms with Crippen molar-refractivity contribution in [1.29, 1.82) is 0 Å². The lowest BCUT2D eigenvalue weighted by atomic mass is 9.91. The van der Waals surface area contributed by atoms with Crippen LogP contribution in [0.3, 0.4) is 0 Å². The lowest BCUT2D eigenvalue weighted by molar-refractivity contribution is -0.157. The zero-order valence-electron chi connectivity index (χ0n) is 52.5. The molecule has 0 saturated carbocycles. The Labute approximate surface area is 491 Å². The van der Waals surface area contributed by atoms with Gasteiger partial charge in [-0.2, -0.15) is 0 Å². The number of allylic oxidation sites excluding steroid dienone is 2. The predicted molar refractivity (Wildman–Crippen MR) is 313 cm³/mol. The Morgan fingerprint density at radius 1 is 0.542 bits per heavy atom. The molecule has 0 spiro atoms. The summed E-state index contributed by atoms with van der Waals surface area (Å²) in [5, 5.41) is 32.5. The fraction of sp³-hybridized carbons (Fsp3) is 0.678. The molecule has 466 valence electrons. The van der Waals surface area contributed by atoms with Gasteiger partial charge in [-0.25, -0.2) is 0 Å². The second kappa shape index (κ2) is 32.7. The molecule has 83 heavy (non-hydrogen) atoms. The van der Waals surface area contributed by atoms with Crippen LogP contribution in [-0.4, -0.2) is 232 Å². The minimum Gasteiger partial charge on any atom is -0.508 e. The molecular formula is C59H97N11O13. The van der Waals surface area contributed by atoms with Crippen LogP contribution in [0.25, 0.3) is 0 Å². The summed E-state index contributed by atoms with van der Waals surface area (Å²) in [6, 6.07) is -5.66. The van der Waals surface area contributed by atoms with Crippen LogP contribution in [-0.2, 0) is 59.2 Å². The van der Waals surface area contributed by atoms with Gasteiger partial charge in [0.1, 0.15) is 60.1 Å². The molecule has 0 unspecified atom stereocenters. The van der Waals surface area contributed by atoms with Crippen molar-refractivity contribution in [3.8, 4) is 5.75 Å². The molecule has 1 aliphatic rings. The third-order valence-electron chi connectivity index (χ3n) is 15.2. The van der Waals surface area contributed by atoms with Gasteiger partial charge in [-0.05, 0) is 94.7 Å². The lowest BCUT2D eigenvalue weighted by Gasteiger charge is -2.41. The van der Waals surface area contributed by atoms with Crippen LogP contribution in [0.1, 0.15) is 114 Å². The van der Waals surface area contributed by atoms with E-state index in [1.54, 1.807) is 58.9 Å². The maximum atomic E-state index is 15.1. The monoisotopic (exact) mass is 1170 g/mol. The molecule has 2 rings (SSSR count). The Hall–Kier alpha value is -7.11. The number of nitrogens with one attached hydrogen (secondary N) is 4. The molecule has 1 aliphatic heterocycles. The van der Waals surface area contributed by atoms with Crippen LogP contribution < -0.4 is 21.3 Å². The second-order valence-electron chi connectivity index (χ2n) is 23.5. The summed E-state index contributed by atoms with van der Waals surface area (Å²) in [6.07, 6.45) is 2.50. The van der Waals surface area contributed by atoms with E-state index in [4.69, 9.17) is 0 Å². The first-order valence-electron chi connectivity index (χ1n) is 28.6. The van der Waals surface area contributed by atoms with Gasteiger partial charge in [-0.3, -0.25) is 52.7 Å². The van der Waals surface area contributed by atoms with Crippen LogP contribution in [0.15, 0.2) is 36.4 Å². The summed E-state index contributed by atoms with van der Waals surface area (Å²) in [6.45, 7) is 19.0. The number of aromatic hydroxyl groups is 1. The zero-order chi connectivity index (χ0) is 63.7. The molecule has 1 aromatic rings. The lowest BCUT2D eigenvalue weighted by Crippen LogP contribution is -2.63. The highest BCUT2D eigenvalue weighted by Gasteiger charge is 2.45. The Morgan fingerprint density at radius 2 is 1.02 bits per heavy atom. The number of hydrogen-bond donors (Lipinski definition) is 6. The first-order chi connectivity index (χ1) is 38.5. The van der Waals surface area contributed by atoms with E-state index in [2.05, 4.69) is 21.3 Å². The molecule has 0 bridgehead atoms. The number of carbonyl (C=O) groups is 11. The summed E-state index contributed by atoms with van der Waals surface area (Å²) < 4.78 is 0. The average Bonchev–Trinajstić information content (AvgIpc) is 3.61. The summed E-state index contributed by atoms with van der Waals surface area (Å²) in [5.41, 5.74) is 0.516. The summed E-state index contributed by atoms with van der Waals surface area (Å²) in [7, 11) is 9.59. The molecule has 0 radical (unpaired) electrons. The molecule has 0 aromatic heterocycles. The van der Waals surface area contributed by atoms with E-state index in [0.717, 1.165) is 19.6 Å². The number of phenols is 1. The molecular weight excluding hydrogens is 1070 g/mol. The van der Waals surface area contributed by atoms with E-state index in [1.807, 2.05) is 27.7 Å². The number of benzene rings is 1. The van der Waals surface area contributed by atoms with Gasteiger partial charge in [0.05, 0.1) is 19.2 Å². The fourth-order valence-corrected chi connectivity index (χ4v) is 10.0. The number of carbonyl (C=O) groups excluding carboxylic acids is 11. The van der Waals surface area contributed by atoms with Gasteiger partial charge in [-0.1, -0.05) is 79.7 Å². The van der Waals surface area contributed by atoms with E-state index in [9.17, 15) is 53.4 Å². The van der Waals surface area contributed by atoms with Crippen molar-refractivity contribution in [3.63, 3.8) is 0 Å². The van der Waals surface area contributed by atoms with Gasteiger partial charge in [0.2, 0.25) is 65.0 Å². The highest BCUT2D eigenvalue weighted by atomic mass is 16.3. The van der Waals surface area contributed by atoms with Gasteiger partial charge in [-0.15, -0.1) is 0 Å². The van der Waals surface area contributed by atoms with Gasteiger partial charge in [0.25, 0.3) is 0 Å². The van der Waals surface area contributed by atoms with Gasteiger partial charge in [0, 0.05) is 55.8 Å². The molecule has 11 atom stereocenters. The van der Waals surface area contributed by atoms with Gasteiger partial charge in [0.15, 0.2) is 0 Å². The van der Waals surface area contributed by atoms with E-state index < -0.39 is 150 Å². The second-order valence-corrected chi connectivity index (χ2v) is 23.5. The summed E-state index contributed by atoms with van der Waals surface area (Å²) in [4.78, 5) is 165. The van der Waals surface area contributed by atoms with Crippen LogP contribution in [0.2, 0.25) is 0 Å². The van der Waals surface area contributed by atoms with E-state index in [0.29, 0.717) is 12.0 Å². The molecule has 24 heteroatoms. The molecule has 11 amide bonds. The average molecular weight is 1170 g/mol. The van der Waals surface area contributed by atoms with Crippen molar-refractivity contribution in [2.75, 3.05) is 62.4 Å². The van der Waals surface area contributed by atoms with Gasteiger partial charge < -0.3 is 65.8 Å². The van der Waals surface area contributed by atoms with Crippen molar-refractivity contribution in [2.45, 2.75) is 176 Å². The molecule has 1 saturated heterocycles. The van der Waals surface area contributed by atoms with E-state index in [1.165, 1.54) is 96.9 Å². The smallest absolute Gasteiger partial charge is 0.246 e. The third-order valence-corrected chi connectivity index (χ3v) is 15.2. The number of aliphatic hydroxyl groups excluding tert-OH is 1. The van der Waals surface area contributed by atoms with Crippen molar-refractivity contribution in [3.05, 3.63) is 42.0 Å². The summed E-state index contributed by atoms with van der Waals surface area (Å²) in [5.74, 6) is -9.59. The third kappa shape index (κ3) is 20.0. The molecule has 1 heterocycles. The first-order valence-corrected chi connectivity index (χ1v) is 28.6. The fourth-order valence-electron chi connectivity index (χ4n) is 10.0. The number of nitrogens with zero attached hydrogens (tertiary/aromatic N) is 7. The number of amides is 11. The number of phenolic OH excluding ortho intramolecular Hbond substituents is 1. The first kappa shape index (κ1) is 72.0. The number of aliphatic hydroxyl groups is 1. The van der Waals surface area contributed by atoms with Crippen LogP contribution in [0.4, 0.5) is 0 Å². The van der Waals surface area contributed by atoms with Crippen LogP contribution in [0.5, 0.6) is 5.75 Å². The standard InChI is InChI=1S/C59H97N11O13/c1-20-22-23-36(9)50(74)49-53(77)63-42(21-2)56(80)65(14)32-47(73)66(15)43(30-40-24-26-41(71)27-25-40)52(76)62-38(11)54(78)64(13)31-46(72)60-37(10)51(75)61-39(12)55(79)67(16)44(28-33(3)4)57(81)68(17)45(29-34(5)6)58(82)69(18)48(35(7)8)59(83)70(49)19/h20,22,24-27,33-39,42-45,48-50,71,74H,21,23,28-32H2,1-19H3,(H,60,72)(H,61,75)(H,62,76)(H,63,77)/b22-20+/t36-,37+,38+,39-,42+,43+,44+,45+,48+,49+,50-/m1/s1. The summed E-state index contributed by atoms with van der Waals surface area (Å²) >= 11 is 0. The highest BCUT2D eigenvalue weighted by Crippen LogP contribution is 2.25. The predicted octanol–water partition coefficient (Wildman–Crippen LogP) is 1.12. The quantitative estimate of drug-likeness (QED) is 0.160. The molecule has 24 nitrogen and oxygen atoms in total. The maximum Gasteiger partial charge on any atom is 0.246 e. The maximum absolute atomic E-state index is 15.1. The molecule has 1 aromatic carbocycles. The van der Waals surface area contributed by atoms with Crippen molar-refractivity contribution in [2.24, 2.45) is 23.7 Å². The van der Waals surface area contributed by atoms with Crippen molar-refractivity contribution < 1.29 is 63.0 Å². The van der Waals surface area contributed by atoms with E-state index in [-0.39, 0.29) is 43.3 Å². The number of hydrogen-bond acceptors (Lipinski definition) is 13. The highest BCUT2D eigenvalue weighted by molar-refractivity contribution is 5.99. The minimum absolute atomic E-state index is 0.00811. The van der Waals surface area contributed by atoms with Crippen molar-refractivity contribution in [1.82, 2.24) is 55.6 Å². The van der Waals surface area contributed by atoms with Crippen LogP contribution >= 0.6 is 0 Å². The Bertz CT molecular complexity index is 2470. The topological polar surface area (TPSA) is 299 Å². The van der Waals surface area contributed by atoms with Crippen LogP contribution in [0, 0.1) is 23.7 Å². The Kier molecular flexibility index (Phi) is 28.3. The van der Waals surface area contributed by atoms with Gasteiger partial charge >= 0.3 is 0 Å². The number of rotatable bonds is 12. The minimum atomic E-state index is -1.63. The molecule has 6 N–H and O–H groups in total. The van der Waals surface area contributed by atoms with E-state index >= 15 is 9.59 Å². The largest absolute Gasteiger partial charge is 0.508 e. The molecule has 0 aliphatic carbocycles. The Balaban J connectivity index is 2.88.